The van der Waals surface area contributed by atoms with E-state index in [1.54, 1.807) is 31.6 Å². The Morgan fingerprint density at radius 3 is 2.50 bits per heavy atom. The van der Waals surface area contributed by atoms with Crippen LogP contribution in [0.15, 0.2) is 53.8 Å². The van der Waals surface area contributed by atoms with E-state index in [9.17, 15) is 5.11 Å². The Hall–Kier alpha value is -3.46. The monoisotopic (exact) mass is 409 g/mol. The van der Waals surface area contributed by atoms with Crippen molar-refractivity contribution >= 4 is 5.96 Å². The SMILES string of the molecule is COc1ccc(CN=C(NCc2nnc(C)n2C)NCC(O)c2ccncc2)cc1. The number of hydrogen-bond donors (Lipinski definition) is 3. The first kappa shape index (κ1) is 21.3. The molecule has 0 saturated heterocycles. The van der Waals surface area contributed by atoms with Gasteiger partial charge in [-0.1, -0.05) is 12.1 Å². The number of pyridine rings is 1. The smallest absolute Gasteiger partial charge is 0.192 e. The van der Waals surface area contributed by atoms with E-state index in [0.717, 1.165) is 28.5 Å². The molecule has 0 amide bonds. The Morgan fingerprint density at radius 2 is 1.87 bits per heavy atom. The summed E-state index contributed by atoms with van der Waals surface area (Å²) in [5, 5.41) is 25.1. The molecule has 0 spiro atoms. The van der Waals surface area contributed by atoms with Gasteiger partial charge in [0.05, 0.1) is 26.3 Å². The zero-order valence-corrected chi connectivity index (χ0v) is 17.4. The Kier molecular flexibility index (Phi) is 7.34. The number of nitrogens with one attached hydrogen (secondary N) is 2. The molecule has 9 heteroatoms. The molecule has 0 fully saturated rings. The third-order valence-corrected chi connectivity index (χ3v) is 4.73. The number of ether oxygens (including phenoxy) is 1. The van der Waals surface area contributed by atoms with Gasteiger partial charge in [0.15, 0.2) is 11.8 Å². The van der Waals surface area contributed by atoms with Gasteiger partial charge in [-0.15, -0.1) is 10.2 Å². The third-order valence-electron chi connectivity index (χ3n) is 4.73. The molecule has 0 aliphatic carbocycles. The van der Waals surface area contributed by atoms with Crippen molar-refractivity contribution in [2.45, 2.75) is 26.1 Å². The number of aryl methyl sites for hydroxylation is 1. The molecule has 3 N–H and O–H groups in total. The molecular weight excluding hydrogens is 382 g/mol. The van der Waals surface area contributed by atoms with Gasteiger partial charge in [-0.25, -0.2) is 4.99 Å². The van der Waals surface area contributed by atoms with Crippen molar-refractivity contribution in [2.24, 2.45) is 12.0 Å². The van der Waals surface area contributed by atoms with Gasteiger partial charge in [-0.05, 0) is 42.3 Å². The molecule has 0 bridgehead atoms. The van der Waals surface area contributed by atoms with Gasteiger partial charge in [0.25, 0.3) is 0 Å². The Labute approximate surface area is 175 Å². The maximum absolute atomic E-state index is 10.4. The van der Waals surface area contributed by atoms with Crippen molar-refractivity contribution in [3.05, 3.63) is 71.6 Å². The predicted octanol–water partition coefficient (Wildman–Crippen LogP) is 1.50. The van der Waals surface area contributed by atoms with Gasteiger partial charge in [0.2, 0.25) is 0 Å². The van der Waals surface area contributed by atoms with Crippen LogP contribution in [0.25, 0.3) is 0 Å². The van der Waals surface area contributed by atoms with Crippen molar-refractivity contribution in [1.82, 2.24) is 30.4 Å². The predicted molar refractivity (Wildman–Crippen MR) is 114 cm³/mol. The number of aliphatic hydroxyl groups excluding tert-OH is 1. The zero-order chi connectivity index (χ0) is 21.3. The van der Waals surface area contributed by atoms with Crippen LogP contribution in [0.2, 0.25) is 0 Å². The second-order valence-electron chi connectivity index (χ2n) is 6.77. The summed E-state index contributed by atoms with van der Waals surface area (Å²) in [6.07, 6.45) is 2.63. The average Bonchev–Trinajstić information content (AvgIpc) is 3.11. The normalized spacial score (nSPS) is 12.5. The van der Waals surface area contributed by atoms with Crippen molar-refractivity contribution < 1.29 is 9.84 Å². The van der Waals surface area contributed by atoms with E-state index in [0.29, 0.717) is 25.6 Å². The standard InChI is InChI=1S/C21H27N7O2/c1-15-26-27-20(28(15)2)14-25-21(23-12-16-4-6-18(30-3)7-5-16)24-13-19(29)17-8-10-22-11-9-17/h4-11,19,29H,12-14H2,1-3H3,(H2,23,24,25). The fourth-order valence-corrected chi connectivity index (χ4v) is 2.74. The Morgan fingerprint density at radius 1 is 1.13 bits per heavy atom. The Bertz CT molecular complexity index is 955. The molecule has 3 rings (SSSR count). The number of aliphatic imine (C=N–C) groups is 1. The minimum atomic E-state index is -0.682. The second kappa shape index (κ2) is 10.4. The molecule has 1 aromatic carbocycles. The largest absolute Gasteiger partial charge is 0.497 e. The van der Waals surface area contributed by atoms with Crippen LogP contribution in [0.5, 0.6) is 5.75 Å². The number of aliphatic hydroxyl groups is 1. The highest BCUT2D eigenvalue weighted by Gasteiger charge is 2.10. The van der Waals surface area contributed by atoms with E-state index in [4.69, 9.17) is 4.74 Å². The average molecular weight is 409 g/mol. The summed E-state index contributed by atoms with van der Waals surface area (Å²) in [5.74, 6) is 3.00. The first-order chi connectivity index (χ1) is 14.6. The lowest BCUT2D eigenvalue weighted by Gasteiger charge is -2.16. The quantitative estimate of drug-likeness (QED) is 0.382. The van der Waals surface area contributed by atoms with Crippen molar-refractivity contribution in [3.63, 3.8) is 0 Å². The zero-order valence-electron chi connectivity index (χ0n) is 17.4. The summed E-state index contributed by atoms with van der Waals surface area (Å²) in [4.78, 5) is 8.62. The molecule has 2 aromatic heterocycles. The molecular formula is C21H27N7O2. The number of nitrogens with zero attached hydrogens (tertiary/aromatic N) is 5. The van der Waals surface area contributed by atoms with Gasteiger partial charge >= 0.3 is 0 Å². The fourth-order valence-electron chi connectivity index (χ4n) is 2.74. The summed E-state index contributed by atoms with van der Waals surface area (Å²) >= 11 is 0. The number of aromatic nitrogens is 4. The van der Waals surface area contributed by atoms with Gasteiger partial charge in [0.1, 0.15) is 11.6 Å². The third kappa shape index (κ3) is 5.77. The van der Waals surface area contributed by atoms with Crippen molar-refractivity contribution in [3.8, 4) is 5.75 Å². The van der Waals surface area contributed by atoms with E-state index in [2.05, 4.69) is 30.8 Å². The molecule has 3 aromatic rings. The summed E-state index contributed by atoms with van der Waals surface area (Å²) < 4.78 is 7.11. The first-order valence-corrected chi connectivity index (χ1v) is 9.64. The number of guanidine groups is 1. The number of benzene rings is 1. The summed E-state index contributed by atoms with van der Waals surface area (Å²) in [6.45, 7) is 3.13. The van der Waals surface area contributed by atoms with E-state index in [1.165, 1.54) is 0 Å². The molecule has 1 atom stereocenters. The Balaban J connectivity index is 1.67. The van der Waals surface area contributed by atoms with Crippen LogP contribution in [0.1, 0.15) is 28.9 Å². The minimum absolute atomic E-state index is 0.302. The van der Waals surface area contributed by atoms with Crippen LogP contribution in [-0.2, 0) is 20.1 Å². The maximum Gasteiger partial charge on any atom is 0.192 e. The molecule has 0 saturated carbocycles. The lowest BCUT2D eigenvalue weighted by molar-refractivity contribution is 0.180. The lowest BCUT2D eigenvalue weighted by Crippen LogP contribution is -2.39. The number of methoxy groups -OCH3 is 1. The summed E-state index contributed by atoms with van der Waals surface area (Å²) in [5.41, 5.74) is 1.83. The molecule has 1 unspecified atom stereocenters. The van der Waals surface area contributed by atoms with E-state index >= 15 is 0 Å². The van der Waals surface area contributed by atoms with E-state index < -0.39 is 6.10 Å². The first-order valence-electron chi connectivity index (χ1n) is 9.64. The van der Waals surface area contributed by atoms with Crippen LogP contribution < -0.4 is 15.4 Å². The van der Waals surface area contributed by atoms with Gasteiger partial charge < -0.3 is 25.0 Å². The molecule has 9 nitrogen and oxygen atoms in total. The van der Waals surface area contributed by atoms with Crippen LogP contribution in [0.3, 0.4) is 0 Å². The van der Waals surface area contributed by atoms with Crippen molar-refractivity contribution in [2.75, 3.05) is 13.7 Å². The van der Waals surface area contributed by atoms with Gasteiger partial charge in [-0.3, -0.25) is 4.98 Å². The van der Waals surface area contributed by atoms with Crippen LogP contribution in [0.4, 0.5) is 0 Å². The highest BCUT2D eigenvalue weighted by atomic mass is 16.5. The highest BCUT2D eigenvalue weighted by molar-refractivity contribution is 5.79. The maximum atomic E-state index is 10.4. The minimum Gasteiger partial charge on any atom is -0.497 e. The van der Waals surface area contributed by atoms with Crippen LogP contribution in [0, 0.1) is 6.92 Å². The summed E-state index contributed by atoms with van der Waals surface area (Å²) in [6, 6.07) is 11.3. The molecule has 2 heterocycles. The topological polar surface area (TPSA) is 109 Å². The fraction of sp³-hybridized carbons (Fsp3) is 0.333. The summed E-state index contributed by atoms with van der Waals surface area (Å²) in [7, 11) is 3.56. The van der Waals surface area contributed by atoms with E-state index in [1.807, 2.05) is 42.8 Å². The van der Waals surface area contributed by atoms with Gasteiger partial charge in [-0.2, -0.15) is 0 Å². The number of rotatable bonds is 8. The second-order valence-corrected chi connectivity index (χ2v) is 6.77. The molecule has 0 aliphatic rings. The van der Waals surface area contributed by atoms with E-state index in [-0.39, 0.29) is 0 Å². The van der Waals surface area contributed by atoms with Crippen LogP contribution in [-0.4, -0.2) is 44.5 Å². The molecule has 0 radical (unpaired) electrons. The molecule has 158 valence electrons. The number of hydrogen-bond acceptors (Lipinski definition) is 6. The molecule has 0 aliphatic heterocycles. The van der Waals surface area contributed by atoms with Crippen LogP contribution >= 0.6 is 0 Å². The highest BCUT2D eigenvalue weighted by Crippen LogP contribution is 2.12. The lowest BCUT2D eigenvalue weighted by atomic mass is 10.1. The molecule has 30 heavy (non-hydrogen) atoms. The van der Waals surface area contributed by atoms with Gasteiger partial charge in [0, 0.05) is 26.0 Å². The van der Waals surface area contributed by atoms with Crippen molar-refractivity contribution in [1.29, 1.82) is 0 Å².